The first-order chi connectivity index (χ1) is 14.3. The molecule has 0 aromatic rings. The molecule has 0 heterocycles. The number of aliphatic hydroxyl groups is 1. The molecule has 0 unspecified atom stereocenters. The minimum absolute atomic E-state index is 0.102. The third kappa shape index (κ3) is 5.25. The van der Waals surface area contributed by atoms with Gasteiger partial charge in [0.1, 0.15) is 0 Å². The van der Waals surface area contributed by atoms with Gasteiger partial charge in [0.15, 0.2) is 0 Å². The molecule has 0 amide bonds. The fourth-order valence-corrected chi connectivity index (χ4v) is 7.41. The smallest absolute Gasteiger partial charge is 0.0577 e. The van der Waals surface area contributed by atoms with Crippen molar-refractivity contribution in [2.75, 3.05) is 0 Å². The minimum Gasteiger partial charge on any atom is -0.393 e. The fourth-order valence-electron chi connectivity index (χ4n) is 7.41. The van der Waals surface area contributed by atoms with Crippen LogP contribution in [0.3, 0.4) is 0 Å². The molecule has 0 bridgehead atoms. The van der Waals surface area contributed by atoms with Gasteiger partial charge in [0.25, 0.3) is 0 Å². The molecule has 8 atom stereocenters. The van der Waals surface area contributed by atoms with Gasteiger partial charge in [-0.2, -0.15) is 0 Å². The highest BCUT2D eigenvalue weighted by Crippen LogP contribution is 2.55. The van der Waals surface area contributed by atoms with E-state index in [0.717, 1.165) is 48.3 Å². The van der Waals surface area contributed by atoms with Gasteiger partial charge in [0.2, 0.25) is 0 Å². The molecule has 0 saturated heterocycles. The van der Waals surface area contributed by atoms with Crippen LogP contribution in [-0.4, -0.2) is 11.2 Å². The van der Waals surface area contributed by atoms with E-state index in [2.05, 4.69) is 59.8 Å². The van der Waals surface area contributed by atoms with E-state index >= 15 is 0 Å². The number of aliphatic hydroxyl groups excluding tert-OH is 1. The molecule has 30 heavy (non-hydrogen) atoms. The highest BCUT2D eigenvalue weighted by molar-refractivity contribution is 5.25. The fraction of sp³-hybridized carbons (Fsp3) is 0.862. The second-order valence-corrected chi connectivity index (χ2v) is 11.9. The Kier molecular flexibility index (Phi) is 8.33. The third-order valence-electron chi connectivity index (χ3n) is 9.80. The number of rotatable bonds is 6. The second-order valence-electron chi connectivity index (χ2n) is 11.9. The first-order valence-electron chi connectivity index (χ1n) is 13.3. The van der Waals surface area contributed by atoms with Gasteiger partial charge in [-0.3, -0.25) is 0 Å². The van der Waals surface area contributed by atoms with E-state index < -0.39 is 0 Å². The SMILES string of the molecule is CC[C@H](CC[C@@H](C)[C@H]1CC=C[C@@H]2CC=C3C[C@H](O)CC[C@]3(C)[C@H]2CC[C@H]1C)C(C)C. The van der Waals surface area contributed by atoms with E-state index in [0.29, 0.717) is 11.3 Å². The van der Waals surface area contributed by atoms with Crippen LogP contribution in [0.4, 0.5) is 0 Å². The van der Waals surface area contributed by atoms with Crippen molar-refractivity contribution in [1.82, 2.24) is 0 Å². The van der Waals surface area contributed by atoms with Crippen LogP contribution in [0.2, 0.25) is 0 Å². The Morgan fingerprint density at radius 3 is 2.57 bits per heavy atom. The first-order valence-corrected chi connectivity index (χ1v) is 13.3. The van der Waals surface area contributed by atoms with Crippen molar-refractivity contribution in [1.29, 1.82) is 0 Å². The lowest BCUT2D eigenvalue weighted by atomic mass is 9.55. The Bertz CT molecular complexity index is 601. The summed E-state index contributed by atoms with van der Waals surface area (Å²) in [4.78, 5) is 0. The average molecular weight is 415 g/mol. The quantitative estimate of drug-likeness (QED) is 0.434. The van der Waals surface area contributed by atoms with E-state index in [1.165, 1.54) is 51.4 Å². The van der Waals surface area contributed by atoms with Crippen LogP contribution in [0.25, 0.3) is 0 Å². The second kappa shape index (κ2) is 10.4. The van der Waals surface area contributed by atoms with E-state index in [4.69, 9.17) is 0 Å². The van der Waals surface area contributed by atoms with Gasteiger partial charge in [-0.1, -0.05) is 84.6 Å². The maximum Gasteiger partial charge on any atom is 0.0577 e. The molecule has 0 aliphatic heterocycles. The monoisotopic (exact) mass is 414 g/mol. The van der Waals surface area contributed by atoms with Gasteiger partial charge >= 0.3 is 0 Å². The minimum atomic E-state index is -0.102. The average Bonchev–Trinajstić information content (AvgIpc) is 2.78. The van der Waals surface area contributed by atoms with Crippen molar-refractivity contribution in [2.24, 2.45) is 46.8 Å². The van der Waals surface area contributed by atoms with Crippen LogP contribution in [0, 0.1) is 46.8 Å². The lowest BCUT2D eigenvalue weighted by Gasteiger charge is -2.50. The van der Waals surface area contributed by atoms with Crippen molar-refractivity contribution in [3.05, 3.63) is 23.8 Å². The molecular formula is C29H50O. The lowest BCUT2D eigenvalue weighted by Crippen LogP contribution is -2.41. The van der Waals surface area contributed by atoms with Crippen molar-refractivity contribution in [2.45, 2.75) is 112 Å². The van der Waals surface area contributed by atoms with E-state index in [1.807, 2.05) is 0 Å². The van der Waals surface area contributed by atoms with Crippen LogP contribution >= 0.6 is 0 Å². The third-order valence-corrected chi connectivity index (χ3v) is 9.80. The summed E-state index contributed by atoms with van der Waals surface area (Å²) >= 11 is 0. The van der Waals surface area contributed by atoms with Crippen molar-refractivity contribution >= 4 is 0 Å². The van der Waals surface area contributed by atoms with Crippen LogP contribution < -0.4 is 0 Å². The molecule has 3 rings (SSSR count). The maximum atomic E-state index is 10.2. The predicted molar refractivity (Wildman–Crippen MR) is 130 cm³/mol. The van der Waals surface area contributed by atoms with E-state index in [1.54, 1.807) is 5.57 Å². The zero-order chi connectivity index (χ0) is 21.9. The number of hydrogen-bond acceptors (Lipinski definition) is 1. The maximum absolute atomic E-state index is 10.2. The Balaban J connectivity index is 1.67. The van der Waals surface area contributed by atoms with Gasteiger partial charge in [0.05, 0.1) is 6.10 Å². The van der Waals surface area contributed by atoms with E-state index in [-0.39, 0.29) is 6.10 Å². The standard InChI is InChI=1S/C29H50O/c1-7-23(20(2)3)13-11-21(4)27-10-8-9-24-14-15-25-19-26(30)17-18-29(25,6)28(24)16-12-22(27)5/h8-9,15,20-24,26-28,30H,7,10-14,16-19H2,1-6H3/t21-,22-,23-,24-,26-,27-,28+,29+/m1/s1. The molecular weight excluding hydrogens is 364 g/mol. The van der Waals surface area contributed by atoms with Crippen molar-refractivity contribution < 1.29 is 5.11 Å². The first kappa shape index (κ1) is 24.1. The lowest BCUT2D eigenvalue weighted by molar-refractivity contribution is 0.0532. The molecule has 1 saturated carbocycles. The summed E-state index contributed by atoms with van der Waals surface area (Å²) in [7, 11) is 0. The molecule has 0 radical (unpaired) electrons. The molecule has 3 aliphatic carbocycles. The zero-order valence-electron chi connectivity index (χ0n) is 20.9. The molecule has 3 aliphatic rings. The van der Waals surface area contributed by atoms with Crippen LogP contribution in [0.1, 0.15) is 106 Å². The Morgan fingerprint density at radius 2 is 1.87 bits per heavy atom. The topological polar surface area (TPSA) is 20.2 Å². The summed E-state index contributed by atoms with van der Waals surface area (Å²) < 4.78 is 0. The molecule has 1 fully saturated rings. The largest absolute Gasteiger partial charge is 0.393 e. The van der Waals surface area contributed by atoms with Crippen molar-refractivity contribution in [3.8, 4) is 0 Å². The summed E-state index contributed by atoms with van der Waals surface area (Å²) in [5.74, 6) is 5.66. The van der Waals surface area contributed by atoms with Crippen LogP contribution in [0.5, 0.6) is 0 Å². The Hall–Kier alpha value is -0.560. The molecule has 1 nitrogen and oxygen atoms in total. The summed E-state index contributed by atoms with van der Waals surface area (Å²) in [6, 6.07) is 0. The van der Waals surface area contributed by atoms with Crippen molar-refractivity contribution in [3.63, 3.8) is 0 Å². The summed E-state index contributed by atoms with van der Waals surface area (Å²) in [5.41, 5.74) is 1.90. The molecule has 0 aromatic heterocycles. The molecule has 1 heteroatoms. The normalized spacial score (nSPS) is 39.2. The van der Waals surface area contributed by atoms with Crippen LogP contribution in [-0.2, 0) is 0 Å². The summed E-state index contributed by atoms with van der Waals surface area (Å²) in [5, 5.41) is 10.2. The predicted octanol–water partition coefficient (Wildman–Crippen LogP) is 8.19. The van der Waals surface area contributed by atoms with Gasteiger partial charge in [-0.15, -0.1) is 0 Å². The number of fused-ring (bicyclic) bond motifs is 3. The van der Waals surface area contributed by atoms with Crippen LogP contribution in [0.15, 0.2) is 23.8 Å². The molecule has 0 spiro atoms. The zero-order valence-corrected chi connectivity index (χ0v) is 20.9. The number of hydrogen-bond donors (Lipinski definition) is 1. The number of allylic oxidation sites excluding steroid dienone is 3. The molecule has 1 N–H and O–H groups in total. The summed E-state index contributed by atoms with van der Waals surface area (Å²) in [6.07, 6.45) is 20.0. The van der Waals surface area contributed by atoms with Gasteiger partial charge in [-0.25, -0.2) is 0 Å². The Labute approximate surface area is 187 Å². The summed E-state index contributed by atoms with van der Waals surface area (Å²) in [6.45, 7) is 14.8. The van der Waals surface area contributed by atoms with Gasteiger partial charge < -0.3 is 5.11 Å². The Morgan fingerprint density at radius 1 is 1.10 bits per heavy atom. The highest BCUT2D eigenvalue weighted by Gasteiger charge is 2.46. The van der Waals surface area contributed by atoms with E-state index in [9.17, 15) is 5.11 Å². The van der Waals surface area contributed by atoms with Gasteiger partial charge in [0, 0.05) is 0 Å². The van der Waals surface area contributed by atoms with Gasteiger partial charge in [-0.05, 0) is 91.8 Å². The molecule has 172 valence electrons. The highest BCUT2D eigenvalue weighted by atomic mass is 16.3. The molecule has 0 aromatic carbocycles.